The summed E-state index contributed by atoms with van der Waals surface area (Å²) in [7, 11) is -4.64. The largest absolute Gasteiger partial charge is 0.472 e. The number of phosphoric acid groups is 1. The van der Waals surface area contributed by atoms with Gasteiger partial charge < -0.3 is 24.6 Å². The van der Waals surface area contributed by atoms with E-state index in [0.717, 1.165) is 51.4 Å². The first-order chi connectivity index (χ1) is 26.7. The summed E-state index contributed by atoms with van der Waals surface area (Å²) >= 11 is 0. The highest BCUT2D eigenvalue weighted by Gasteiger charge is 2.27. The molecule has 0 aliphatic carbocycles. The first kappa shape index (κ1) is 52.4. The van der Waals surface area contributed by atoms with Crippen molar-refractivity contribution in [1.29, 1.82) is 0 Å². The lowest BCUT2D eigenvalue weighted by atomic mass is 10.1. The summed E-state index contributed by atoms with van der Waals surface area (Å²) in [5.74, 6) is -1.01. The van der Waals surface area contributed by atoms with Crippen LogP contribution in [0.25, 0.3) is 0 Å². The number of aliphatic hydroxyl groups excluding tert-OH is 2. The van der Waals surface area contributed by atoms with Gasteiger partial charge in [0.25, 0.3) is 0 Å². The molecule has 0 spiro atoms. The van der Waals surface area contributed by atoms with Crippen LogP contribution in [0.3, 0.4) is 0 Å². The maximum absolute atomic E-state index is 12.6. The van der Waals surface area contributed by atoms with Gasteiger partial charge in [0.2, 0.25) is 0 Å². The molecular weight excluding hydrogens is 719 g/mol. The maximum Gasteiger partial charge on any atom is 0.472 e. The lowest BCUT2D eigenvalue weighted by molar-refractivity contribution is -0.161. The summed E-state index contributed by atoms with van der Waals surface area (Å²) in [6.07, 6.45) is 44.5. The molecule has 0 radical (unpaired) electrons. The van der Waals surface area contributed by atoms with Gasteiger partial charge in [-0.25, -0.2) is 4.57 Å². The van der Waals surface area contributed by atoms with Gasteiger partial charge in [-0.1, -0.05) is 157 Å². The van der Waals surface area contributed by atoms with Crippen LogP contribution in [0, 0.1) is 0 Å². The number of hydrogen-bond donors (Lipinski definition) is 3. The van der Waals surface area contributed by atoms with Crippen molar-refractivity contribution in [3.05, 3.63) is 72.9 Å². The molecule has 0 rings (SSSR count). The van der Waals surface area contributed by atoms with Crippen molar-refractivity contribution in [2.24, 2.45) is 0 Å². The van der Waals surface area contributed by atoms with E-state index in [0.29, 0.717) is 19.3 Å². The van der Waals surface area contributed by atoms with E-state index >= 15 is 0 Å². The summed E-state index contributed by atoms with van der Waals surface area (Å²) in [5.41, 5.74) is 0. The van der Waals surface area contributed by atoms with Crippen molar-refractivity contribution < 1.29 is 47.8 Å². The number of ether oxygens (including phenoxy) is 2. The number of hydrogen-bond acceptors (Lipinski definition) is 9. The van der Waals surface area contributed by atoms with Crippen LogP contribution in [0.4, 0.5) is 0 Å². The number of carbonyl (C=O) groups excluding carboxylic acids is 2. The molecule has 1 unspecified atom stereocenters. The van der Waals surface area contributed by atoms with Crippen molar-refractivity contribution in [2.45, 2.75) is 167 Å². The van der Waals surface area contributed by atoms with Crippen LogP contribution in [0.15, 0.2) is 72.9 Å². The molecule has 0 heterocycles. The number of unbranched alkanes of at least 4 members (excludes halogenated alkanes) is 15. The van der Waals surface area contributed by atoms with Gasteiger partial charge in [-0.3, -0.25) is 18.6 Å². The van der Waals surface area contributed by atoms with E-state index in [9.17, 15) is 24.2 Å². The maximum atomic E-state index is 12.6. The van der Waals surface area contributed by atoms with E-state index in [1.807, 2.05) is 42.5 Å². The Morgan fingerprint density at radius 2 is 1.09 bits per heavy atom. The van der Waals surface area contributed by atoms with Crippen LogP contribution in [0.2, 0.25) is 0 Å². The Balaban J connectivity index is 4.44. The Morgan fingerprint density at radius 3 is 1.71 bits per heavy atom. The minimum Gasteiger partial charge on any atom is -0.462 e. The molecule has 0 aliphatic rings. The average Bonchev–Trinajstić information content (AvgIpc) is 3.17. The van der Waals surface area contributed by atoms with Crippen LogP contribution in [0.1, 0.15) is 155 Å². The standard InChI is InChI=1S/C44H75O10P/c1-3-5-7-9-11-13-15-17-19-20-22-24-26-28-30-32-34-36-44(48)54-42(40-53-55(49,50)52-38-41(46)37-45)39-51-43(47)35-33-31-29-27-25-23-21-18-16-14-12-10-8-6-4-2/h6,8,10,12,14,16,18,21-22,24,28,30,41-42,45-46H,3-5,7,9,11,13,15,17,19-20,23,25-27,29,31-40H2,1-2H3,(H,49,50)/b8-6+,12-10+,16-14+,21-18+,24-22+,30-28+/t41-,42+/m0/s1. The highest BCUT2D eigenvalue weighted by atomic mass is 31.2. The van der Waals surface area contributed by atoms with E-state index in [4.69, 9.17) is 19.1 Å². The highest BCUT2D eigenvalue weighted by molar-refractivity contribution is 7.47. The van der Waals surface area contributed by atoms with Gasteiger partial charge >= 0.3 is 19.8 Å². The number of phosphoric ester groups is 1. The number of aliphatic hydroxyl groups is 2. The number of carbonyl (C=O) groups is 2. The third-order valence-electron chi connectivity index (χ3n) is 8.44. The first-order valence-electron chi connectivity index (χ1n) is 20.9. The van der Waals surface area contributed by atoms with Crippen LogP contribution in [0.5, 0.6) is 0 Å². The second-order valence-electron chi connectivity index (χ2n) is 13.7. The van der Waals surface area contributed by atoms with Gasteiger partial charge in [0.15, 0.2) is 6.10 Å². The Labute approximate surface area is 333 Å². The molecule has 0 bridgehead atoms. The Morgan fingerprint density at radius 1 is 0.582 bits per heavy atom. The van der Waals surface area contributed by atoms with Gasteiger partial charge in [-0.05, 0) is 57.8 Å². The van der Waals surface area contributed by atoms with Gasteiger partial charge in [-0.2, -0.15) is 0 Å². The minimum absolute atomic E-state index is 0.111. The molecule has 0 aromatic rings. The topological polar surface area (TPSA) is 149 Å². The second-order valence-corrected chi connectivity index (χ2v) is 15.2. The number of allylic oxidation sites excluding steroid dienone is 12. The fraction of sp³-hybridized carbons (Fsp3) is 0.682. The molecule has 0 saturated heterocycles. The van der Waals surface area contributed by atoms with Crippen LogP contribution in [-0.2, 0) is 32.7 Å². The third kappa shape index (κ3) is 39.4. The highest BCUT2D eigenvalue weighted by Crippen LogP contribution is 2.43. The van der Waals surface area contributed by atoms with E-state index < -0.39 is 51.8 Å². The molecule has 10 nitrogen and oxygen atoms in total. The predicted molar refractivity (Wildman–Crippen MR) is 223 cm³/mol. The Kier molecular flexibility index (Phi) is 37.8. The molecule has 0 aromatic heterocycles. The van der Waals surface area contributed by atoms with Crippen molar-refractivity contribution in [3.8, 4) is 0 Å². The molecule has 0 fully saturated rings. The molecule has 3 N–H and O–H groups in total. The van der Waals surface area contributed by atoms with Crippen LogP contribution >= 0.6 is 7.82 Å². The molecule has 316 valence electrons. The average molecular weight is 795 g/mol. The van der Waals surface area contributed by atoms with E-state index in [2.05, 4.69) is 48.8 Å². The zero-order valence-electron chi connectivity index (χ0n) is 34.1. The molecular formula is C44H75O10P. The van der Waals surface area contributed by atoms with Gasteiger partial charge in [0.1, 0.15) is 12.7 Å². The van der Waals surface area contributed by atoms with Gasteiger partial charge in [-0.15, -0.1) is 0 Å². The summed E-state index contributed by atoms with van der Waals surface area (Å²) in [6, 6.07) is 0. The Hall–Kier alpha value is -2.59. The summed E-state index contributed by atoms with van der Waals surface area (Å²) in [5, 5.41) is 18.3. The molecule has 0 aliphatic heterocycles. The lowest BCUT2D eigenvalue weighted by Gasteiger charge is -2.20. The minimum atomic E-state index is -4.64. The fourth-order valence-electron chi connectivity index (χ4n) is 5.22. The molecule has 3 atom stereocenters. The van der Waals surface area contributed by atoms with E-state index in [1.54, 1.807) is 0 Å². The van der Waals surface area contributed by atoms with Crippen LogP contribution in [-0.4, -0.2) is 65.7 Å². The molecule has 55 heavy (non-hydrogen) atoms. The Bertz CT molecular complexity index is 1140. The summed E-state index contributed by atoms with van der Waals surface area (Å²) < 4.78 is 32.6. The van der Waals surface area contributed by atoms with E-state index in [-0.39, 0.29) is 19.4 Å². The molecule has 0 saturated carbocycles. The zero-order valence-corrected chi connectivity index (χ0v) is 35.0. The SMILES string of the molecule is CC/C=C/C=C/C=C/C=C/CCCCCCCC(=O)OC[C@H](COP(=O)(O)OC[C@@H](O)CO)OC(=O)CCC/C=C/C/C=C/CCCCCCCCCCC. The monoisotopic (exact) mass is 795 g/mol. The van der Waals surface area contributed by atoms with Crippen LogP contribution < -0.4 is 0 Å². The summed E-state index contributed by atoms with van der Waals surface area (Å²) in [4.78, 5) is 34.9. The van der Waals surface area contributed by atoms with Crippen molar-refractivity contribution in [2.75, 3.05) is 26.4 Å². The van der Waals surface area contributed by atoms with Gasteiger partial charge in [0.05, 0.1) is 19.8 Å². The summed E-state index contributed by atoms with van der Waals surface area (Å²) in [6.45, 7) is 2.15. The van der Waals surface area contributed by atoms with Crippen molar-refractivity contribution >= 4 is 19.8 Å². The normalized spacial score (nSPS) is 14.6. The van der Waals surface area contributed by atoms with Crippen molar-refractivity contribution in [3.63, 3.8) is 0 Å². The third-order valence-corrected chi connectivity index (χ3v) is 9.39. The van der Waals surface area contributed by atoms with E-state index in [1.165, 1.54) is 57.8 Å². The fourth-order valence-corrected chi connectivity index (χ4v) is 6.01. The number of esters is 2. The second kappa shape index (κ2) is 39.6. The van der Waals surface area contributed by atoms with Crippen molar-refractivity contribution in [1.82, 2.24) is 0 Å². The smallest absolute Gasteiger partial charge is 0.462 e. The number of rotatable bonds is 38. The quantitative estimate of drug-likeness (QED) is 0.0181. The molecule has 11 heteroatoms. The lowest BCUT2D eigenvalue weighted by Crippen LogP contribution is -2.29. The molecule has 0 aromatic carbocycles. The van der Waals surface area contributed by atoms with Gasteiger partial charge in [0, 0.05) is 12.8 Å². The molecule has 0 amide bonds. The zero-order chi connectivity index (χ0) is 40.5. The first-order valence-corrected chi connectivity index (χ1v) is 22.4. The predicted octanol–water partition coefficient (Wildman–Crippen LogP) is 10.9.